The number of allylic oxidation sites excluding steroid dienone is 1. The van der Waals surface area contributed by atoms with Crippen molar-refractivity contribution >= 4 is 35.1 Å². The highest BCUT2D eigenvalue weighted by molar-refractivity contribution is 6.03. The number of carboxylic acids is 1. The first-order chi connectivity index (χ1) is 13.0. The summed E-state index contributed by atoms with van der Waals surface area (Å²) in [7, 11) is 0. The van der Waals surface area contributed by atoms with Crippen molar-refractivity contribution in [1.82, 2.24) is 5.06 Å². The summed E-state index contributed by atoms with van der Waals surface area (Å²) in [5.74, 6) is -0.748. The number of anilines is 2. The van der Waals surface area contributed by atoms with Gasteiger partial charge in [0, 0.05) is 17.6 Å². The van der Waals surface area contributed by atoms with Gasteiger partial charge in [-0.25, -0.2) is 9.86 Å². The lowest BCUT2D eigenvalue weighted by Gasteiger charge is -2.30. The fourth-order valence-electron chi connectivity index (χ4n) is 3.22. The normalized spacial score (nSPS) is 15.4. The fourth-order valence-corrected chi connectivity index (χ4v) is 3.22. The van der Waals surface area contributed by atoms with Gasteiger partial charge in [-0.05, 0) is 24.3 Å². The summed E-state index contributed by atoms with van der Waals surface area (Å²) in [6.45, 7) is -0.295. The van der Waals surface area contributed by atoms with Gasteiger partial charge in [-0.3, -0.25) is 14.8 Å². The molecule has 0 spiro atoms. The number of hydroxylamine groups is 2. The Kier molecular flexibility index (Phi) is 3.89. The maximum Gasteiger partial charge on any atom is 0.335 e. The summed E-state index contributed by atoms with van der Waals surface area (Å²) in [5.41, 5.74) is 1.39. The molecule has 0 unspecified atom stereocenters. The fraction of sp³-hybridized carbons (Fsp3) is 0.105. The number of carbonyl (C=O) groups excluding carboxylic acids is 2. The molecule has 27 heavy (non-hydrogen) atoms. The molecule has 0 atom stereocenters. The summed E-state index contributed by atoms with van der Waals surface area (Å²) >= 11 is 0. The van der Waals surface area contributed by atoms with Crippen LogP contribution in [0.15, 0.2) is 42.0 Å². The zero-order chi connectivity index (χ0) is 19.1. The molecular weight excluding hydrogens is 352 g/mol. The lowest BCUT2D eigenvalue weighted by atomic mass is 9.95. The molecule has 2 aromatic carbocycles. The molecule has 2 heterocycles. The lowest BCUT2D eigenvalue weighted by molar-refractivity contribution is -0.128. The molecule has 0 amide bonds. The number of nitrogens with zero attached hydrogens (tertiary/aromatic N) is 1. The Morgan fingerprint density at radius 1 is 1.22 bits per heavy atom. The molecule has 136 valence electrons. The third kappa shape index (κ3) is 2.81. The topological polar surface area (TPSA) is 116 Å². The van der Waals surface area contributed by atoms with E-state index in [0.29, 0.717) is 28.5 Å². The Bertz CT molecular complexity index is 1030. The molecule has 2 aliphatic rings. The Morgan fingerprint density at radius 2 is 2.00 bits per heavy atom. The average Bonchev–Trinajstić information content (AvgIpc) is 2.65. The van der Waals surface area contributed by atoms with Crippen LogP contribution >= 0.6 is 0 Å². The van der Waals surface area contributed by atoms with Gasteiger partial charge in [0.15, 0.2) is 17.3 Å². The SMILES string of the molecule is O=CC1=C(c2cc(C(=O)O)cc3c2Nc2ccccc2O3)N(O)CC(=O)C1. The smallest absolute Gasteiger partial charge is 0.335 e. The highest BCUT2D eigenvalue weighted by Gasteiger charge is 2.30. The van der Waals surface area contributed by atoms with E-state index in [1.54, 1.807) is 24.3 Å². The number of benzene rings is 2. The van der Waals surface area contributed by atoms with E-state index in [-0.39, 0.29) is 46.9 Å². The number of fused-ring (bicyclic) bond motifs is 2. The second kappa shape index (κ2) is 6.26. The first kappa shape index (κ1) is 16.8. The number of carbonyl (C=O) groups is 3. The van der Waals surface area contributed by atoms with Crippen LogP contribution in [0, 0.1) is 0 Å². The average molecular weight is 366 g/mol. The predicted octanol–water partition coefficient (Wildman–Crippen LogP) is 2.81. The number of aromatic carboxylic acids is 1. The molecule has 3 N–H and O–H groups in total. The van der Waals surface area contributed by atoms with Crippen LogP contribution in [-0.2, 0) is 9.59 Å². The maximum atomic E-state index is 11.7. The maximum absolute atomic E-state index is 11.7. The Hall–Kier alpha value is -3.65. The van der Waals surface area contributed by atoms with Gasteiger partial charge < -0.3 is 15.2 Å². The summed E-state index contributed by atoms with van der Waals surface area (Å²) in [6.07, 6.45) is 0.354. The van der Waals surface area contributed by atoms with Crippen LogP contribution in [0.4, 0.5) is 11.4 Å². The van der Waals surface area contributed by atoms with Crippen LogP contribution in [0.3, 0.4) is 0 Å². The van der Waals surface area contributed by atoms with Gasteiger partial charge in [-0.15, -0.1) is 0 Å². The largest absolute Gasteiger partial charge is 0.478 e. The van der Waals surface area contributed by atoms with Crippen molar-refractivity contribution in [3.63, 3.8) is 0 Å². The number of ether oxygens (including phenoxy) is 1. The predicted molar refractivity (Wildman–Crippen MR) is 94.3 cm³/mol. The van der Waals surface area contributed by atoms with Crippen LogP contribution in [0.1, 0.15) is 22.3 Å². The summed E-state index contributed by atoms with van der Waals surface area (Å²) in [6, 6.07) is 9.79. The number of carboxylic acid groups (broad SMARTS) is 1. The van der Waals surface area contributed by atoms with Crippen molar-refractivity contribution in [3.05, 3.63) is 53.1 Å². The minimum Gasteiger partial charge on any atom is -0.478 e. The van der Waals surface area contributed by atoms with E-state index in [0.717, 1.165) is 0 Å². The van der Waals surface area contributed by atoms with Crippen LogP contribution in [0.25, 0.3) is 5.70 Å². The number of hydrogen-bond donors (Lipinski definition) is 3. The molecule has 0 aromatic heterocycles. The second-order valence-corrected chi connectivity index (χ2v) is 6.19. The van der Waals surface area contributed by atoms with Gasteiger partial charge >= 0.3 is 5.97 Å². The zero-order valence-electron chi connectivity index (χ0n) is 13.9. The molecule has 0 fully saturated rings. The molecule has 4 rings (SSSR count). The van der Waals surface area contributed by atoms with Gasteiger partial charge in [0.25, 0.3) is 0 Å². The van der Waals surface area contributed by atoms with Crippen LogP contribution < -0.4 is 10.1 Å². The highest BCUT2D eigenvalue weighted by atomic mass is 16.5. The molecule has 2 aliphatic heterocycles. The van der Waals surface area contributed by atoms with Crippen molar-refractivity contribution in [2.45, 2.75) is 6.42 Å². The van der Waals surface area contributed by atoms with E-state index in [2.05, 4.69) is 5.32 Å². The second-order valence-electron chi connectivity index (χ2n) is 6.19. The Balaban J connectivity index is 1.96. The molecule has 0 aliphatic carbocycles. The summed E-state index contributed by atoms with van der Waals surface area (Å²) in [4.78, 5) is 34.8. The molecule has 8 nitrogen and oxygen atoms in total. The van der Waals surface area contributed by atoms with E-state index < -0.39 is 5.97 Å². The minimum absolute atomic E-state index is 0.0687. The van der Waals surface area contributed by atoms with Gasteiger partial charge in [-0.2, -0.15) is 0 Å². The van der Waals surface area contributed by atoms with Crippen LogP contribution in [-0.4, -0.2) is 40.0 Å². The zero-order valence-corrected chi connectivity index (χ0v) is 13.9. The number of ketones is 1. The number of para-hydroxylation sites is 2. The number of Topliss-reactive ketones (excluding diaryl/α,β-unsaturated/α-hetero) is 1. The molecule has 0 bridgehead atoms. The van der Waals surface area contributed by atoms with Gasteiger partial charge in [-0.1, -0.05) is 12.1 Å². The van der Waals surface area contributed by atoms with Crippen molar-refractivity contribution < 1.29 is 29.4 Å². The molecule has 0 saturated heterocycles. The first-order valence-corrected chi connectivity index (χ1v) is 8.10. The molecular formula is C19H14N2O6. The van der Waals surface area contributed by atoms with E-state index >= 15 is 0 Å². The van der Waals surface area contributed by atoms with E-state index in [1.807, 2.05) is 0 Å². The number of rotatable bonds is 3. The van der Waals surface area contributed by atoms with E-state index in [9.17, 15) is 24.7 Å². The number of nitrogens with one attached hydrogen (secondary N) is 1. The highest BCUT2D eigenvalue weighted by Crippen LogP contribution is 2.47. The van der Waals surface area contributed by atoms with Gasteiger partial charge in [0.05, 0.1) is 22.6 Å². The summed E-state index contributed by atoms with van der Waals surface area (Å²) < 4.78 is 5.82. The molecule has 0 saturated carbocycles. The standard InChI is InChI=1S/C19H14N2O6/c22-9-11-5-12(23)8-21(26)18(11)13-6-10(19(24)25)7-16-17(13)20-14-3-1-2-4-15(14)27-16/h1-4,6-7,9,20,26H,5,8H2,(H,24,25). The van der Waals surface area contributed by atoms with Crippen LogP contribution in [0.2, 0.25) is 0 Å². The Labute approximate surface area is 153 Å². The van der Waals surface area contributed by atoms with Crippen molar-refractivity contribution in [3.8, 4) is 11.5 Å². The van der Waals surface area contributed by atoms with Gasteiger partial charge in [0.2, 0.25) is 0 Å². The first-order valence-electron chi connectivity index (χ1n) is 8.10. The van der Waals surface area contributed by atoms with Crippen molar-refractivity contribution in [2.75, 3.05) is 11.9 Å². The third-order valence-electron chi connectivity index (χ3n) is 4.39. The molecule has 2 aromatic rings. The monoisotopic (exact) mass is 366 g/mol. The van der Waals surface area contributed by atoms with Crippen LogP contribution in [0.5, 0.6) is 11.5 Å². The van der Waals surface area contributed by atoms with Gasteiger partial charge in [0.1, 0.15) is 12.8 Å². The van der Waals surface area contributed by atoms with Crippen molar-refractivity contribution in [1.29, 1.82) is 0 Å². The summed E-state index contributed by atoms with van der Waals surface area (Å²) in [5, 5.41) is 23.6. The van der Waals surface area contributed by atoms with E-state index in [1.165, 1.54) is 12.1 Å². The lowest BCUT2D eigenvalue weighted by Crippen LogP contribution is -2.32. The molecule has 8 heteroatoms. The number of hydrogen-bond acceptors (Lipinski definition) is 7. The minimum atomic E-state index is -1.19. The molecule has 0 radical (unpaired) electrons. The van der Waals surface area contributed by atoms with E-state index in [4.69, 9.17) is 4.74 Å². The third-order valence-corrected chi connectivity index (χ3v) is 4.39. The quantitative estimate of drug-likeness (QED) is 0.606. The van der Waals surface area contributed by atoms with Crippen molar-refractivity contribution in [2.24, 2.45) is 0 Å². The number of aldehydes is 1. The Morgan fingerprint density at radius 3 is 2.74 bits per heavy atom.